The maximum absolute atomic E-state index is 12.6. The summed E-state index contributed by atoms with van der Waals surface area (Å²) in [6.45, 7) is 6.53. The number of carbonyl (C=O) groups excluding carboxylic acids is 1. The molecule has 0 bridgehead atoms. The summed E-state index contributed by atoms with van der Waals surface area (Å²) in [5, 5.41) is 2.96. The molecule has 2 fully saturated rings. The van der Waals surface area contributed by atoms with Crippen molar-refractivity contribution in [2.75, 3.05) is 37.8 Å². The highest BCUT2D eigenvalue weighted by molar-refractivity contribution is 7.88. The SMILES string of the molecule is CC1(C)CC2(CCN(CC(=O)Nc3ccc(Oc4ccccc4)cc3)CC2)CN1S(C)(=O)=O. The number of carbonyl (C=O) groups is 1. The predicted molar refractivity (Wildman–Crippen MR) is 130 cm³/mol. The number of nitrogens with one attached hydrogen (secondary N) is 1. The topological polar surface area (TPSA) is 79.0 Å². The van der Waals surface area contributed by atoms with E-state index in [1.54, 1.807) is 4.31 Å². The van der Waals surface area contributed by atoms with Crippen LogP contribution >= 0.6 is 0 Å². The van der Waals surface area contributed by atoms with Crippen molar-refractivity contribution in [1.82, 2.24) is 9.21 Å². The van der Waals surface area contributed by atoms with Crippen molar-refractivity contribution < 1.29 is 17.9 Å². The van der Waals surface area contributed by atoms with Crippen LogP contribution in [0.3, 0.4) is 0 Å². The van der Waals surface area contributed by atoms with Gasteiger partial charge in [-0.15, -0.1) is 0 Å². The Balaban J connectivity index is 1.27. The molecule has 0 atom stereocenters. The number of hydrogen-bond donors (Lipinski definition) is 1. The zero-order valence-electron chi connectivity index (χ0n) is 19.6. The molecule has 4 rings (SSSR count). The second-order valence-corrected chi connectivity index (χ2v) is 11.9. The molecule has 0 aromatic heterocycles. The van der Waals surface area contributed by atoms with E-state index in [-0.39, 0.29) is 16.9 Å². The largest absolute Gasteiger partial charge is 0.457 e. The van der Waals surface area contributed by atoms with Crippen LogP contribution in [0.5, 0.6) is 11.5 Å². The first-order chi connectivity index (χ1) is 15.5. The summed E-state index contributed by atoms with van der Waals surface area (Å²) in [6.07, 6.45) is 3.97. The average molecular weight is 472 g/mol. The molecule has 7 nitrogen and oxygen atoms in total. The summed E-state index contributed by atoms with van der Waals surface area (Å²) >= 11 is 0. The van der Waals surface area contributed by atoms with E-state index in [0.717, 1.165) is 43.8 Å². The van der Waals surface area contributed by atoms with Crippen molar-refractivity contribution in [1.29, 1.82) is 0 Å². The van der Waals surface area contributed by atoms with Gasteiger partial charge in [-0.1, -0.05) is 18.2 Å². The lowest BCUT2D eigenvalue weighted by atomic mass is 9.74. The van der Waals surface area contributed by atoms with Crippen molar-refractivity contribution in [3.05, 3.63) is 54.6 Å². The van der Waals surface area contributed by atoms with Gasteiger partial charge in [0.25, 0.3) is 0 Å². The Bertz CT molecular complexity index is 1080. The van der Waals surface area contributed by atoms with Gasteiger partial charge >= 0.3 is 0 Å². The van der Waals surface area contributed by atoms with Crippen molar-refractivity contribution >= 4 is 21.6 Å². The second kappa shape index (κ2) is 9.08. The normalized spacial score (nSPS) is 20.6. The van der Waals surface area contributed by atoms with Crippen molar-refractivity contribution in [2.45, 2.75) is 38.6 Å². The first-order valence-corrected chi connectivity index (χ1v) is 13.2. The van der Waals surface area contributed by atoms with Gasteiger partial charge < -0.3 is 10.1 Å². The van der Waals surface area contributed by atoms with Crippen LogP contribution in [0.15, 0.2) is 54.6 Å². The Morgan fingerprint density at radius 1 is 1.00 bits per heavy atom. The second-order valence-electron chi connectivity index (χ2n) is 10.0. The molecular formula is C25H33N3O4S. The van der Waals surface area contributed by atoms with Crippen LogP contribution in [0.1, 0.15) is 33.1 Å². The molecular weight excluding hydrogens is 438 g/mol. The Morgan fingerprint density at radius 3 is 2.18 bits per heavy atom. The molecule has 2 aliphatic heterocycles. The number of hydrogen-bond acceptors (Lipinski definition) is 5. The highest BCUT2D eigenvalue weighted by atomic mass is 32.2. The number of nitrogens with zero attached hydrogens (tertiary/aromatic N) is 2. The molecule has 8 heteroatoms. The third kappa shape index (κ3) is 5.75. The highest BCUT2D eigenvalue weighted by Crippen LogP contribution is 2.48. The fourth-order valence-electron chi connectivity index (χ4n) is 5.30. The van der Waals surface area contributed by atoms with Gasteiger partial charge in [0.15, 0.2) is 0 Å². The third-order valence-electron chi connectivity index (χ3n) is 6.76. The number of likely N-dealkylation sites (tertiary alicyclic amines) is 1. The van der Waals surface area contributed by atoms with Crippen molar-refractivity contribution in [3.63, 3.8) is 0 Å². The molecule has 0 aliphatic carbocycles. The van der Waals surface area contributed by atoms with Gasteiger partial charge in [0.1, 0.15) is 11.5 Å². The summed E-state index contributed by atoms with van der Waals surface area (Å²) < 4.78 is 31.9. The van der Waals surface area contributed by atoms with Gasteiger partial charge in [-0.05, 0) is 88.0 Å². The molecule has 2 aromatic rings. The van der Waals surface area contributed by atoms with Gasteiger partial charge in [-0.2, -0.15) is 4.31 Å². The maximum atomic E-state index is 12.6. The lowest BCUT2D eigenvalue weighted by molar-refractivity contribution is -0.117. The molecule has 2 saturated heterocycles. The van der Waals surface area contributed by atoms with Gasteiger partial charge in [0, 0.05) is 17.8 Å². The van der Waals surface area contributed by atoms with E-state index >= 15 is 0 Å². The number of piperidine rings is 1. The molecule has 2 aliphatic rings. The quantitative estimate of drug-likeness (QED) is 0.690. The smallest absolute Gasteiger partial charge is 0.238 e. The minimum atomic E-state index is -3.23. The van der Waals surface area contributed by atoms with Crippen molar-refractivity contribution in [3.8, 4) is 11.5 Å². The molecule has 178 valence electrons. The summed E-state index contributed by atoms with van der Waals surface area (Å²) in [6, 6.07) is 16.9. The van der Waals surface area contributed by atoms with E-state index in [1.807, 2.05) is 68.4 Å². The summed E-state index contributed by atoms with van der Waals surface area (Å²) in [5.41, 5.74) is 0.382. The van der Waals surface area contributed by atoms with E-state index in [1.165, 1.54) is 6.26 Å². The van der Waals surface area contributed by atoms with Crippen LogP contribution in [-0.4, -0.2) is 61.5 Å². The molecule has 1 N–H and O–H groups in total. The Labute approximate surface area is 196 Å². The fourth-order valence-corrected chi connectivity index (χ4v) is 6.77. The average Bonchev–Trinajstić information content (AvgIpc) is 3.03. The zero-order chi connectivity index (χ0) is 23.7. The first-order valence-electron chi connectivity index (χ1n) is 11.4. The van der Waals surface area contributed by atoms with Crippen LogP contribution in [0.2, 0.25) is 0 Å². The monoisotopic (exact) mass is 471 g/mol. The van der Waals surface area contributed by atoms with Crippen LogP contribution in [0.4, 0.5) is 5.69 Å². The lowest BCUT2D eigenvalue weighted by Gasteiger charge is -2.39. The van der Waals surface area contributed by atoms with Gasteiger partial charge in [-0.25, -0.2) is 8.42 Å². The molecule has 2 heterocycles. The predicted octanol–water partition coefficient (Wildman–Crippen LogP) is 3.94. The Kier molecular flexibility index (Phi) is 6.53. The summed E-state index contributed by atoms with van der Waals surface area (Å²) in [4.78, 5) is 14.7. The van der Waals surface area contributed by atoms with Crippen LogP contribution < -0.4 is 10.1 Å². The van der Waals surface area contributed by atoms with E-state index in [0.29, 0.717) is 18.8 Å². The molecule has 0 saturated carbocycles. The van der Waals surface area contributed by atoms with E-state index in [9.17, 15) is 13.2 Å². The lowest BCUT2D eigenvalue weighted by Crippen LogP contribution is -2.45. The summed E-state index contributed by atoms with van der Waals surface area (Å²) in [5.74, 6) is 1.43. The minimum Gasteiger partial charge on any atom is -0.457 e. The molecule has 0 unspecified atom stereocenters. The minimum absolute atomic E-state index is 0.00808. The van der Waals surface area contributed by atoms with E-state index in [4.69, 9.17) is 4.74 Å². The molecule has 2 aromatic carbocycles. The van der Waals surface area contributed by atoms with Crippen LogP contribution in [0, 0.1) is 5.41 Å². The van der Waals surface area contributed by atoms with E-state index in [2.05, 4.69) is 10.2 Å². The van der Waals surface area contributed by atoms with Gasteiger partial charge in [0.2, 0.25) is 15.9 Å². The summed E-state index contributed by atoms with van der Waals surface area (Å²) in [7, 11) is -3.23. The Hall–Kier alpha value is -2.42. The standard InChI is InChI=1S/C25H33N3O4S/c1-24(2)18-25(19-28(24)33(3,30)31)13-15-27(16-14-25)17-23(29)26-20-9-11-22(12-10-20)32-21-7-5-4-6-8-21/h4-12H,13-19H2,1-3H3,(H,26,29). The van der Waals surface area contributed by atoms with Gasteiger partial charge in [0.05, 0.1) is 12.8 Å². The highest BCUT2D eigenvalue weighted by Gasteiger charge is 2.52. The van der Waals surface area contributed by atoms with E-state index < -0.39 is 10.0 Å². The number of amides is 1. The number of sulfonamides is 1. The van der Waals surface area contributed by atoms with Crippen molar-refractivity contribution in [2.24, 2.45) is 5.41 Å². The van der Waals surface area contributed by atoms with Gasteiger partial charge in [-0.3, -0.25) is 9.69 Å². The Morgan fingerprint density at radius 2 is 1.61 bits per heavy atom. The fraction of sp³-hybridized carbons (Fsp3) is 0.480. The third-order valence-corrected chi connectivity index (χ3v) is 8.19. The molecule has 1 spiro atoms. The van der Waals surface area contributed by atoms with Crippen LogP contribution in [-0.2, 0) is 14.8 Å². The van der Waals surface area contributed by atoms with Crippen LogP contribution in [0.25, 0.3) is 0 Å². The number of para-hydroxylation sites is 1. The molecule has 1 amide bonds. The number of ether oxygens (including phenoxy) is 1. The zero-order valence-corrected chi connectivity index (χ0v) is 20.4. The number of rotatable bonds is 6. The maximum Gasteiger partial charge on any atom is 0.238 e. The number of anilines is 1. The first kappa shape index (κ1) is 23.7. The molecule has 0 radical (unpaired) electrons. The molecule has 33 heavy (non-hydrogen) atoms. The number of benzene rings is 2.